The Morgan fingerprint density at radius 1 is 1.36 bits per heavy atom. The van der Waals surface area contributed by atoms with Gasteiger partial charge in [0, 0.05) is 19.6 Å². The van der Waals surface area contributed by atoms with Crippen LogP contribution in [0.25, 0.3) is 0 Å². The third-order valence-corrected chi connectivity index (χ3v) is 6.65. The standard InChI is InChI=1S/C14H18ClFN2O3S/c1-17-6-5-13-12(9-17)18(7-8-21-13)22(19,20)14-10(15)3-2-4-11(14)16/h2-4,12-13H,5-9H2,1H3/t12-,13+/m0/s1. The molecule has 0 aliphatic carbocycles. The monoisotopic (exact) mass is 348 g/mol. The van der Waals surface area contributed by atoms with Crippen molar-refractivity contribution in [3.05, 3.63) is 29.0 Å². The Morgan fingerprint density at radius 2 is 2.14 bits per heavy atom. The summed E-state index contributed by atoms with van der Waals surface area (Å²) >= 11 is 5.95. The fourth-order valence-electron chi connectivity index (χ4n) is 3.14. The van der Waals surface area contributed by atoms with Gasteiger partial charge in [-0.15, -0.1) is 0 Å². The molecule has 8 heteroatoms. The lowest BCUT2D eigenvalue weighted by molar-refractivity contribution is -0.0720. The fourth-order valence-corrected chi connectivity index (χ4v) is 5.34. The van der Waals surface area contributed by atoms with Gasteiger partial charge in [0.05, 0.1) is 23.8 Å². The average molecular weight is 349 g/mol. The molecule has 0 unspecified atom stereocenters. The normalized spacial score (nSPS) is 27.6. The summed E-state index contributed by atoms with van der Waals surface area (Å²) in [5.41, 5.74) is 0. The molecule has 0 N–H and O–H groups in total. The van der Waals surface area contributed by atoms with Gasteiger partial charge in [-0.3, -0.25) is 0 Å². The van der Waals surface area contributed by atoms with Crippen molar-refractivity contribution in [3.8, 4) is 0 Å². The maximum Gasteiger partial charge on any atom is 0.247 e. The molecule has 0 aromatic heterocycles. The summed E-state index contributed by atoms with van der Waals surface area (Å²) in [6, 6.07) is 3.59. The minimum Gasteiger partial charge on any atom is -0.375 e. The highest BCUT2D eigenvalue weighted by Crippen LogP contribution is 2.32. The Morgan fingerprint density at radius 3 is 2.86 bits per heavy atom. The van der Waals surface area contributed by atoms with Gasteiger partial charge in [-0.25, -0.2) is 12.8 Å². The molecular formula is C14H18ClFN2O3S. The molecule has 1 aromatic rings. The van der Waals surface area contributed by atoms with Gasteiger partial charge in [-0.05, 0) is 25.6 Å². The zero-order valence-corrected chi connectivity index (χ0v) is 13.8. The van der Waals surface area contributed by atoms with Crippen LogP contribution in [0, 0.1) is 5.82 Å². The van der Waals surface area contributed by atoms with Crippen LogP contribution in [0.5, 0.6) is 0 Å². The second-order valence-electron chi connectivity index (χ2n) is 5.69. The zero-order valence-electron chi connectivity index (χ0n) is 12.2. The molecule has 5 nitrogen and oxygen atoms in total. The minimum atomic E-state index is -4.00. The van der Waals surface area contributed by atoms with Crippen molar-refractivity contribution in [1.29, 1.82) is 0 Å². The van der Waals surface area contributed by atoms with Crippen LogP contribution in [-0.2, 0) is 14.8 Å². The summed E-state index contributed by atoms with van der Waals surface area (Å²) in [7, 11) is -2.06. The molecule has 3 rings (SSSR count). The highest BCUT2D eigenvalue weighted by atomic mass is 35.5. The van der Waals surface area contributed by atoms with Crippen molar-refractivity contribution in [2.24, 2.45) is 0 Å². The number of piperidine rings is 1. The summed E-state index contributed by atoms with van der Waals surface area (Å²) in [4.78, 5) is 1.62. The van der Waals surface area contributed by atoms with Crippen LogP contribution in [-0.4, -0.2) is 63.1 Å². The number of hydrogen-bond donors (Lipinski definition) is 0. The molecule has 0 bridgehead atoms. The largest absolute Gasteiger partial charge is 0.375 e. The lowest BCUT2D eigenvalue weighted by atomic mass is 10.0. The van der Waals surface area contributed by atoms with Gasteiger partial charge >= 0.3 is 0 Å². The van der Waals surface area contributed by atoms with Crippen molar-refractivity contribution in [1.82, 2.24) is 9.21 Å². The predicted octanol–water partition coefficient (Wildman–Crippen LogP) is 1.57. The van der Waals surface area contributed by atoms with Crippen LogP contribution in [0.2, 0.25) is 5.02 Å². The van der Waals surface area contributed by atoms with Crippen molar-refractivity contribution in [2.75, 3.05) is 33.3 Å². The first kappa shape index (κ1) is 16.1. The van der Waals surface area contributed by atoms with E-state index in [1.54, 1.807) is 0 Å². The number of ether oxygens (including phenoxy) is 1. The van der Waals surface area contributed by atoms with Crippen LogP contribution in [0.4, 0.5) is 4.39 Å². The maximum absolute atomic E-state index is 14.1. The number of halogens is 2. The molecule has 0 spiro atoms. The van der Waals surface area contributed by atoms with E-state index >= 15 is 0 Å². The van der Waals surface area contributed by atoms with E-state index in [1.807, 2.05) is 7.05 Å². The third-order valence-electron chi connectivity index (χ3n) is 4.22. The van der Waals surface area contributed by atoms with E-state index in [2.05, 4.69) is 4.90 Å². The topological polar surface area (TPSA) is 49.9 Å². The molecule has 0 saturated carbocycles. The Labute approximate surface area is 134 Å². The van der Waals surface area contributed by atoms with Gasteiger partial charge in [0.25, 0.3) is 0 Å². The van der Waals surface area contributed by atoms with Crippen LogP contribution in [0.3, 0.4) is 0 Å². The van der Waals surface area contributed by atoms with E-state index in [9.17, 15) is 12.8 Å². The van der Waals surface area contributed by atoms with Gasteiger partial charge in [-0.1, -0.05) is 17.7 Å². The molecule has 122 valence electrons. The van der Waals surface area contributed by atoms with Crippen molar-refractivity contribution >= 4 is 21.6 Å². The third kappa shape index (κ3) is 2.76. The van der Waals surface area contributed by atoms with Crippen LogP contribution in [0.1, 0.15) is 6.42 Å². The molecule has 2 aliphatic rings. The molecule has 2 saturated heterocycles. The summed E-state index contributed by atoms with van der Waals surface area (Å²) in [5, 5.41) is -0.0906. The number of hydrogen-bond acceptors (Lipinski definition) is 4. The average Bonchev–Trinajstić information content (AvgIpc) is 2.46. The molecule has 2 heterocycles. The fraction of sp³-hybridized carbons (Fsp3) is 0.571. The number of morpholine rings is 1. The van der Waals surface area contributed by atoms with Crippen LogP contribution < -0.4 is 0 Å². The molecule has 22 heavy (non-hydrogen) atoms. The zero-order chi connectivity index (χ0) is 15.9. The number of fused-ring (bicyclic) bond motifs is 1. The van der Waals surface area contributed by atoms with Gasteiger partial charge in [-0.2, -0.15) is 4.31 Å². The van der Waals surface area contributed by atoms with Gasteiger partial charge < -0.3 is 9.64 Å². The second-order valence-corrected chi connectivity index (χ2v) is 7.93. The number of benzene rings is 1. The Kier molecular flexibility index (Phi) is 4.44. The Balaban J connectivity index is 2.00. The first-order valence-corrected chi connectivity index (χ1v) is 8.99. The first-order valence-electron chi connectivity index (χ1n) is 7.17. The van der Waals surface area contributed by atoms with Crippen molar-refractivity contribution < 1.29 is 17.5 Å². The first-order chi connectivity index (χ1) is 10.4. The summed E-state index contributed by atoms with van der Waals surface area (Å²) in [6.07, 6.45) is 0.614. The highest BCUT2D eigenvalue weighted by Gasteiger charge is 2.43. The predicted molar refractivity (Wildman–Crippen MR) is 80.9 cm³/mol. The second kappa shape index (κ2) is 6.05. The van der Waals surface area contributed by atoms with E-state index in [0.29, 0.717) is 13.2 Å². The molecule has 0 radical (unpaired) electrons. The van der Waals surface area contributed by atoms with Crippen LogP contribution in [0.15, 0.2) is 23.1 Å². The van der Waals surface area contributed by atoms with Crippen molar-refractivity contribution in [3.63, 3.8) is 0 Å². The minimum absolute atomic E-state index is 0.0906. The van der Waals surface area contributed by atoms with Crippen molar-refractivity contribution in [2.45, 2.75) is 23.5 Å². The molecular weight excluding hydrogens is 331 g/mol. The number of nitrogens with zero attached hydrogens (tertiary/aromatic N) is 2. The van der Waals surface area contributed by atoms with Gasteiger partial charge in [0.2, 0.25) is 10.0 Å². The summed E-state index contributed by atoms with van der Waals surface area (Å²) in [5.74, 6) is -0.820. The molecule has 1 aromatic carbocycles. The summed E-state index contributed by atoms with van der Waals surface area (Å²) < 4.78 is 46.9. The number of likely N-dealkylation sites (tertiary alicyclic amines) is 1. The molecule has 2 atom stereocenters. The van der Waals surface area contributed by atoms with E-state index < -0.39 is 20.7 Å². The lowest BCUT2D eigenvalue weighted by Gasteiger charge is -2.45. The van der Waals surface area contributed by atoms with E-state index in [1.165, 1.54) is 16.4 Å². The van der Waals surface area contributed by atoms with Gasteiger partial charge in [0.1, 0.15) is 10.7 Å². The van der Waals surface area contributed by atoms with Gasteiger partial charge in [0.15, 0.2) is 0 Å². The smallest absolute Gasteiger partial charge is 0.247 e. The number of likely N-dealkylation sites (N-methyl/N-ethyl adjacent to an activating group) is 1. The highest BCUT2D eigenvalue weighted by molar-refractivity contribution is 7.89. The molecule has 0 amide bonds. The SMILES string of the molecule is CN1CC[C@H]2OCCN(S(=O)(=O)c3c(F)cccc3Cl)[C@H]2C1. The van der Waals surface area contributed by atoms with E-state index in [0.717, 1.165) is 19.0 Å². The quantitative estimate of drug-likeness (QED) is 0.814. The lowest BCUT2D eigenvalue weighted by Crippen LogP contribution is -2.60. The summed E-state index contributed by atoms with van der Waals surface area (Å²) in [6.45, 7) is 1.95. The Bertz CT molecular complexity index is 650. The molecule has 2 fully saturated rings. The van der Waals surface area contributed by atoms with E-state index in [4.69, 9.17) is 16.3 Å². The Hall–Kier alpha value is -0.730. The van der Waals surface area contributed by atoms with Crippen LogP contribution >= 0.6 is 11.6 Å². The maximum atomic E-state index is 14.1. The number of rotatable bonds is 2. The number of sulfonamides is 1. The van der Waals surface area contributed by atoms with E-state index in [-0.39, 0.29) is 23.7 Å². The molecule has 2 aliphatic heterocycles.